The molecule has 176 valence electrons. The average Bonchev–Trinajstić information content (AvgIpc) is 3.30. The Bertz CT molecular complexity index is 1300. The van der Waals surface area contributed by atoms with Crippen LogP contribution in [0.3, 0.4) is 0 Å². The van der Waals surface area contributed by atoms with E-state index < -0.39 is 0 Å². The largest absolute Gasteiger partial charge is 0.398 e. The highest BCUT2D eigenvalue weighted by atomic mass is 15.3. The summed E-state index contributed by atoms with van der Waals surface area (Å²) in [6, 6.07) is 15.1. The third-order valence-corrected chi connectivity index (χ3v) is 7.87. The van der Waals surface area contributed by atoms with Crippen molar-refractivity contribution in [3.63, 3.8) is 0 Å². The molecule has 0 spiro atoms. The first-order chi connectivity index (χ1) is 16.8. The number of nitrogens with zero attached hydrogens (tertiary/aromatic N) is 3. The van der Waals surface area contributed by atoms with Crippen LogP contribution in [0, 0.1) is 0 Å². The maximum Gasteiger partial charge on any atom is 0.0747 e. The van der Waals surface area contributed by atoms with Gasteiger partial charge in [-0.3, -0.25) is 9.88 Å². The summed E-state index contributed by atoms with van der Waals surface area (Å²) in [5.74, 6) is 0. The quantitative estimate of drug-likeness (QED) is 0.388. The molecule has 0 unspecified atom stereocenters. The Hall–Kier alpha value is -3.05. The second-order valence-corrected chi connectivity index (χ2v) is 9.97. The standard InChI is InChI=1S/C29H35N5/c30-29-23-10-2-4-12-25(23)32-26-13-7-14-27(28(26)29)34-18-16-33(17-19-34)15-6-5-8-21-20-31-24-11-3-1-9-22(21)24/h1,3,7,9,11,13-14,20,31H,2,4-6,8,10,12,15-19H2,(H2,30,32). The summed E-state index contributed by atoms with van der Waals surface area (Å²) in [5.41, 5.74) is 15.3. The van der Waals surface area contributed by atoms with E-state index in [0.717, 1.165) is 56.6 Å². The number of benzene rings is 2. The zero-order valence-electron chi connectivity index (χ0n) is 20.0. The zero-order chi connectivity index (χ0) is 22.9. The number of hydrogen-bond acceptors (Lipinski definition) is 4. The number of nitrogens with two attached hydrogens (primary N) is 1. The van der Waals surface area contributed by atoms with E-state index in [9.17, 15) is 0 Å². The summed E-state index contributed by atoms with van der Waals surface area (Å²) in [5, 5.41) is 2.55. The van der Waals surface area contributed by atoms with Gasteiger partial charge in [0.1, 0.15) is 0 Å². The van der Waals surface area contributed by atoms with Crippen LogP contribution < -0.4 is 10.6 Å². The molecule has 1 saturated heterocycles. The number of anilines is 2. The predicted octanol–water partition coefficient (Wildman–Crippen LogP) is 5.32. The zero-order valence-corrected chi connectivity index (χ0v) is 20.0. The molecule has 4 aromatic rings. The summed E-state index contributed by atoms with van der Waals surface area (Å²) in [4.78, 5) is 13.6. The van der Waals surface area contributed by atoms with Crippen molar-refractivity contribution in [3.05, 3.63) is 65.5 Å². The number of aromatic nitrogens is 2. The van der Waals surface area contributed by atoms with Crippen molar-refractivity contribution in [2.24, 2.45) is 0 Å². The molecule has 3 N–H and O–H groups in total. The van der Waals surface area contributed by atoms with Crippen LogP contribution >= 0.6 is 0 Å². The lowest BCUT2D eigenvalue weighted by Gasteiger charge is -2.37. The number of nitrogen functional groups attached to an aromatic ring is 1. The summed E-state index contributed by atoms with van der Waals surface area (Å²) >= 11 is 0. The van der Waals surface area contributed by atoms with Crippen LogP contribution in [0.15, 0.2) is 48.7 Å². The number of unbranched alkanes of at least 4 members (excludes halogenated alkanes) is 1. The Labute approximate surface area is 202 Å². The highest BCUT2D eigenvalue weighted by molar-refractivity contribution is 6.02. The van der Waals surface area contributed by atoms with Crippen LogP contribution in [0.2, 0.25) is 0 Å². The highest BCUT2D eigenvalue weighted by Crippen LogP contribution is 2.37. The molecule has 2 aromatic carbocycles. The van der Waals surface area contributed by atoms with E-state index in [0.29, 0.717) is 0 Å². The van der Waals surface area contributed by atoms with Crippen molar-refractivity contribution in [1.29, 1.82) is 0 Å². The second-order valence-electron chi connectivity index (χ2n) is 9.97. The molecule has 0 bridgehead atoms. The number of rotatable bonds is 6. The molecule has 0 saturated carbocycles. The molecule has 5 heteroatoms. The minimum absolute atomic E-state index is 0.981. The first-order valence-corrected chi connectivity index (χ1v) is 13.0. The lowest BCUT2D eigenvalue weighted by Crippen LogP contribution is -2.46. The van der Waals surface area contributed by atoms with Gasteiger partial charge in [0.15, 0.2) is 0 Å². The summed E-state index contributed by atoms with van der Waals surface area (Å²) in [7, 11) is 0. The van der Waals surface area contributed by atoms with Gasteiger partial charge in [0.25, 0.3) is 0 Å². The normalized spacial score (nSPS) is 16.9. The molecule has 5 nitrogen and oxygen atoms in total. The van der Waals surface area contributed by atoms with Crippen LogP contribution in [-0.4, -0.2) is 47.6 Å². The Morgan fingerprint density at radius 1 is 0.912 bits per heavy atom. The van der Waals surface area contributed by atoms with Crippen LogP contribution in [-0.2, 0) is 19.3 Å². The molecule has 0 atom stereocenters. The van der Waals surface area contributed by atoms with Crippen LogP contribution in [0.25, 0.3) is 21.8 Å². The fourth-order valence-electron chi connectivity index (χ4n) is 5.96. The van der Waals surface area contributed by atoms with Crippen molar-refractivity contribution in [3.8, 4) is 0 Å². The fourth-order valence-corrected chi connectivity index (χ4v) is 5.96. The lowest BCUT2D eigenvalue weighted by atomic mass is 9.92. The molecule has 1 aliphatic heterocycles. The molecule has 2 aliphatic rings. The van der Waals surface area contributed by atoms with Gasteiger partial charge in [-0.05, 0) is 80.8 Å². The number of aromatic amines is 1. The molecule has 1 fully saturated rings. The monoisotopic (exact) mass is 453 g/mol. The van der Waals surface area contributed by atoms with E-state index in [2.05, 4.69) is 63.4 Å². The Balaban J connectivity index is 1.07. The number of nitrogens with one attached hydrogen (secondary N) is 1. The smallest absolute Gasteiger partial charge is 0.0747 e. The molecule has 34 heavy (non-hydrogen) atoms. The van der Waals surface area contributed by atoms with Gasteiger partial charge < -0.3 is 15.6 Å². The Kier molecular flexibility index (Phi) is 5.88. The molecule has 0 radical (unpaired) electrons. The van der Waals surface area contributed by atoms with Crippen LogP contribution in [0.5, 0.6) is 0 Å². The van der Waals surface area contributed by atoms with Gasteiger partial charge in [0.2, 0.25) is 0 Å². The van der Waals surface area contributed by atoms with Crippen LogP contribution in [0.1, 0.15) is 42.5 Å². The van der Waals surface area contributed by atoms with Gasteiger partial charge >= 0.3 is 0 Å². The van der Waals surface area contributed by atoms with Gasteiger partial charge in [-0.2, -0.15) is 0 Å². The number of para-hydroxylation sites is 1. The minimum Gasteiger partial charge on any atom is -0.398 e. The average molecular weight is 454 g/mol. The summed E-state index contributed by atoms with van der Waals surface area (Å²) in [6.07, 6.45) is 10.4. The predicted molar refractivity (Wildman–Crippen MR) is 143 cm³/mol. The van der Waals surface area contributed by atoms with Gasteiger partial charge in [-0.1, -0.05) is 24.3 Å². The number of pyridine rings is 1. The molecule has 3 heterocycles. The first kappa shape index (κ1) is 21.5. The van der Waals surface area contributed by atoms with E-state index in [4.69, 9.17) is 10.7 Å². The SMILES string of the molecule is Nc1c2c(nc3cccc(N4CCN(CCCCc5c[nH]c6ccccc56)CC4)c13)CCCC2. The number of aryl methyl sites for hydroxylation is 2. The maximum absolute atomic E-state index is 6.75. The van der Waals surface area contributed by atoms with Crippen molar-refractivity contribution in [2.45, 2.75) is 44.9 Å². The van der Waals surface area contributed by atoms with E-state index in [1.807, 2.05) is 0 Å². The maximum atomic E-state index is 6.75. The van der Waals surface area contributed by atoms with Crippen molar-refractivity contribution < 1.29 is 0 Å². The van der Waals surface area contributed by atoms with E-state index in [1.165, 1.54) is 71.0 Å². The lowest BCUT2D eigenvalue weighted by molar-refractivity contribution is 0.253. The van der Waals surface area contributed by atoms with E-state index in [-0.39, 0.29) is 0 Å². The third-order valence-electron chi connectivity index (χ3n) is 7.87. The molecule has 6 rings (SSSR count). The molecular weight excluding hydrogens is 418 g/mol. The molecule has 0 amide bonds. The number of piperazine rings is 1. The van der Waals surface area contributed by atoms with E-state index >= 15 is 0 Å². The molecule has 1 aliphatic carbocycles. The van der Waals surface area contributed by atoms with Crippen molar-refractivity contribution >= 4 is 33.2 Å². The van der Waals surface area contributed by atoms with Gasteiger partial charge in [-0.15, -0.1) is 0 Å². The molecule has 2 aromatic heterocycles. The van der Waals surface area contributed by atoms with Gasteiger partial charge in [-0.25, -0.2) is 0 Å². The minimum atomic E-state index is 0.981. The fraction of sp³-hybridized carbons (Fsp3) is 0.414. The third kappa shape index (κ3) is 4.03. The Morgan fingerprint density at radius 3 is 2.68 bits per heavy atom. The topological polar surface area (TPSA) is 61.2 Å². The van der Waals surface area contributed by atoms with Crippen molar-refractivity contribution in [1.82, 2.24) is 14.9 Å². The Morgan fingerprint density at radius 2 is 1.76 bits per heavy atom. The van der Waals surface area contributed by atoms with Gasteiger partial charge in [0, 0.05) is 65.7 Å². The van der Waals surface area contributed by atoms with Gasteiger partial charge in [0.05, 0.1) is 5.52 Å². The first-order valence-electron chi connectivity index (χ1n) is 13.0. The van der Waals surface area contributed by atoms with E-state index in [1.54, 1.807) is 0 Å². The highest BCUT2D eigenvalue weighted by Gasteiger charge is 2.22. The second kappa shape index (κ2) is 9.30. The van der Waals surface area contributed by atoms with Crippen LogP contribution in [0.4, 0.5) is 11.4 Å². The number of hydrogen-bond donors (Lipinski definition) is 2. The molecular formula is C29H35N5. The number of H-pyrrole nitrogens is 1. The summed E-state index contributed by atoms with van der Waals surface area (Å²) < 4.78 is 0. The summed E-state index contributed by atoms with van der Waals surface area (Å²) in [6.45, 7) is 5.52. The van der Waals surface area contributed by atoms with Crippen molar-refractivity contribution in [2.75, 3.05) is 43.4 Å². The number of fused-ring (bicyclic) bond motifs is 3.